The maximum Gasteiger partial charge on any atom is 0.416 e. The number of hydrogen-bond donors (Lipinski definition) is 1. The lowest BCUT2D eigenvalue weighted by atomic mass is 10.1. The number of halogens is 3. The van der Waals surface area contributed by atoms with Crippen molar-refractivity contribution in [3.63, 3.8) is 0 Å². The van der Waals surface area contributed by atoms with E-state index in [2.05, 4.69) is 11.9 Å². The van der Waals surface area contributed by atoms with E-state index in [0.29, 0.717) is 5.69 Å². The molecule has 0 fully saturated rings. The van der Waals surface area contributed by atoms with Gasteiger partial charge in [0.2, 0.25) is 0 Å². The van der Waals surface area contributed by atoms with Gasteiger partial charge < -0.3 is 5.32 Å². The van der Waals surface area contributed by atoms with E-state index in [1.165, 1.54) is 0 Å². The quantitative estimate of drug-likeness (QED) is 0.850. The van der Waals surface area contributed by atoms with Gasteiger partial charge in [-0.1, -0.05) is 24.8 Å². The molecule has 0 saturated heterocycles. The molecular formula is C17H14F3NO. The Morgan fingerprint density at radius 3 is 2.18 bits per heavy atom. The molecule has 0 aliphatic rings. The highest BCUT2D eigenvalue weighted by atomic mass is 19.4. The van der Waals surface area contributed by atoms with Gasteiger partial charge in [-0.25, -0.2) is 0 Å². The normalized spacial score (nSPS) is 11.1. The van der Waals surface area contributed by atoms with Crippen molar-refractivity contribution in [2.45, 2.75) is 13.1 Å². The molecule has 0 unspecified atom stereocenters. The third-order valence-corrected chi connectivity index (χ3v) is 3.11. The summed E-state index contributed by atoms with van der Waals surface area (Å²) < 4.78 is 37.5. The molecule has 0 atom stereocenters. The average Bonchev–Trinajstić information content (AvgIpc) is 2.46. The molecule has 1 amide bonds. The second-order valence-corrected chi connectivity index (χ2v) is 4.86. The Kier molecular flexibility index (Phi) is 4.35. The van der Waals surface area contributed by atoms with Gasteiger partial charge in [0.05, 0.1) is 5.56 Å². The Balaban J connectivity index is 2.22. The lowest BCUT2D eigenvalue weighted by molar-refractivity contribution is -0.137. The second kappa shape index (κ2) is 6.05. The van der Waals surface area contributed by atoms with Gasteiger partial charge >= 0.3 is 6.18 Å². The highest BCUT2D eigenvalue weighted by Gasteiger charge is 2.30. The van der Waals surface area contributed by atoms with Gasteiger partial charge in [-0.05, 0) is 42.8 Å². The molecule has 0 aliphatic carbocycles. The van der Waals surface area contributed by atoms with Crippen molar-refractivity contribution in [2.24, 2.45) is 0 Å². The summed E-state index contributed by atoms with van der Waals surface area (Å²) in [4.78, 5) is 12.1. The number of allylic oxidation sites excluding steroid dienone is 1. The Bertz CT molecular complexity index is 703. The maximum atomic E-state index is 12.5. The van der Waals surface area contributed by atoms with Crippen molar-refractivity contribution in [3.05, 3.63) is 71.8 Å². The number of carbonyl (C=O) groups is 1. The van der Waals surface area contributed by atoms with E-state index < -0.39 is 17.6 Å². The zero-order valence-corrected chi connectivity index (χ0v) is 11.9. The molecule has 0 aromatic heterocycles. The fraction of sp³-hybridized carbons (Fsp3) is 0.118. The molecular weight excluding hydrogens is 291 g/mol. The van der Waals surface area contributed by atoms with Gasteiger partial charge in [-0.2, -0.15) is 13.2 Å². The predicted octanol–water partition coefficient (Wildman–Crippen LogP) is 4.99. The molecule has 0 spiro atoms. The first kappa shape index (κ1) is 15.8. The summed E-state index contributed by atoms with van der Waals surface area (Å²) in [6.07, 6.45) is -4.42. The lowest BCUT2D eigenvalue weighted by Crippen LogP contribution is -2.13. The SMILES string of the molecule is C=C(C)c1ccccc1NC(=O)c1ccc(C(F)(F)F)cc1. The van der Waals surface area contributed by atoms with Crippen LogP contribution in [0.5, 0.6) is 0 Å². The number of amides is 1. The summed E-state index contributed by atoms with van der Waals surface area (Å²) in [6, 6.07) is 11.2. The molecule has 2 aromatic carbocycles. The molecule has 2 nitrogen and oxygen atoms in total. The minimum Gasteiger partial charge on any atom is -0.321 e. The number of benzene rings is 2. The summed E-state index contributed by atoms with van der Waals surface area (Å²) >= 11 is 0. The lowest BCUT2D eigenvalue weighted by Gasteiger charge is -2.11. The topological polar surface area (TPSA) is 29.1 Å². The summed E-state index contributed by atoms with van der Waals surface area (Å²) in [5.74, 6) is -0.470. The van der Waals surface area contributed by atoms with E-state index in [1.54, 1.807) is 12.1 Å². The maximum absolute atomic E-state index is 12.5. The van der Waals surface area contributed by atoms with Gasteiger partial charge in [-0.3, -0.25) is 4.79 Å². The molecule has 114 valence electrons. The fourth-order valence-corrected chi connectivity index (χ4v) is 1.97. The van der Waals surface area contributed by atoms with E-state index in [9.17, 15) is 18.0 Å². The second-order valence-electron chi connectivity index (χ2n) is 4.86. The molecule has 0 heterocycles. The standard InChI is InChI=1S/C17H14F3NO/c1-11(2)14-5-3-4-6-15(14)21-16(22)12-7-9-13(10-8-12)17(18,19)20/h3-10H,1H2,2H3,(H,21,22). The third kappa shape index (κ3) is 3.55. The van der Waals surface area contributed by atoms with E-state index in [1.807, 2.05) is 19.1 Å². The first-order chi connectivity index (χ1) is 10.3. The highest BCUT2D eigenvalue weighted by Crippen LogP contribution is 2.29. The number of hydrogen-bond acceptors (Lipinski definition) is 1. The largest absolute Gasteiger partial charge is 0.416 e. The van der Waals surface area contributed by atoms with Crippen molar-refractivity contribution in [1.82, 2.24) is 0 Å². The monoisotopic (exact) mass is 305 g/mol. The summed E-state index contributed by atoms with van der Waals surface area (Å²) in [7, 11) is 0. The van der Waals surface area contributed by atoms with Crippen LogP contribution in [0.25, 0.3) is 5.57 Å². The van der Waals surface area contributed by atoms with Crippen LogP contribution in [0.15, 0.2) is 55.1 Å². The van der Waals surface area contributed by atoms with E-state index in [-0.39, 0.29) is 5.56 Å². The van der Waals surface area contributed by atoms with Crippen LogP contribution >= 0.6 is 0 Å². The first-order valence-corrected chi connectivity index (χ1v) is 6.52. The van der Waals surface area contributed by atoms with E-state index in [4.69, 9.17) is 0 Å². The van der Waals surface area contributed by atoms with Crippen LogP contribution in [-0.2, 0) is 6.18 Å². The zero-order valence-electron chi connectivity index (χ0n) is 11.9. The third-order valence-electron chi connectivity index (χ3n) is 3.11. The summed E-state index contributed by atoms with van der Waals surface area (Å²) in [6.45, 7) is 5.64. The number of rotatable bonds is 3. The Morgan fingerprint density at radius 1 is 1.05 bits per heavy atom. The van der Waals surface area contributed by atoms with Crippen LogP contribution in [0.1, 0.15) is 28.4 Å². The van der Waals surface area contributed by atoms with Crippen LogP contribution in [0.4, 0.5) is 18.9 Å². The van der Waals surface area contributed by atoms with Crippen molar-refractivity contribution in [3.8, 4) is 0 Å². The molecule has 1 N–H and O–H groups in total. The van der Waals surface area contributed by atoms with Crippen molar-refractivity contribution >= 4 is 17.2 Å². The Morgan fingerprint density at radius 2 is 1.64 bits per heavy atom. The number of nitrogens with one attached hydrogen (secondary N) is 1. The van der Waals surface area contributed by atoms with E-state index in [0.717, 1.165) is 35.4 Å². The number of anilines is 1. The highest BCUT2D eigenvalue weighted by molar-refractivity contribution is 6.05. The fourth-order valence-electron chi connectivity index (χ4n) is 1.97. The zero-order chi connectivity index (χ0) is 16.3. The molecule has 22 heavy (non-hydrogen) atoms. The average molecular weight is 305 g/mol. The molecule has 2 aromatic rings. The van der Waals surface area contributed by atoms with Crippen LogP contribution < -0.4 is 5.32 Å². The van der Waals surface area contributed by atoms with Gasteiger partial charge in [0, 0.05) is 16.8 Å². The predicted molar refractivity (Wildman–Crippen MR) is 80.5 cm³/mol. The van der Waals surface area contributed by atoms with E-state index >= 15 is 0 Å². The van der Waals surface area contributed by atoms with Crippen molar-refractivity contribution in [1.29, 1.82) is 0 Å². The number of para-hydroxylation sites is 1. The minimum atomic E-state index is -4.42. The summed E-state index contributed by atoms with van der Waals surface area (Å²) in [5.41, 5.74) is 1.50. The van der Waals surface area contributed by atoms with Crippen LogP contribution in [0, 0.1) is 0 Å². The molecule has 0 saturated carbocycles. The number of carbonyl (C=O) groups excluding carboxylic acids is 1. The van der Waals surface area contributed by atoms with Crippen molar-refractivity contribution in [2.75, 3.05) is 5.32 Å². The summed E-state index contributed by atoms with van der Waals surface area (Å²) in [5, 5.41) is 2.69. The van der Waals surface area contributed by atoms with Crippen molar-refractivity contribution < 1.29 is 18.0 Å². The minimum absolute atomic E-state index is 0.157. The van der Waals surface area contributed by atoms with Crippen LogP contribution in [0.2, 0.25) is 0 Å². The van der Waals surface area contributed by atoms with Gasteiger partial charge in [0.25, 0.3) is 5.91 Å². The van der Waals surface area contributed by atoms with Gasteiger partial charge in [-0.15, -0.1) is 0 Å². The van der Waals surface area contributed by atoms with Gasteiger partial charge in [0.1, 0.15) is 0 Å². The van der Waals surface area contributed by atoms with Gasteiger partial charge in [0.15, 0.2) is 0 Å². The Hall–Kier alpha value is -2.56. The molecule has 0 radical (unpaired) electrons. The first-order valence-electron chi connectivity index (χ1n) is 6.52. The molecule has 2 rings (SSSR count). The van der Waals surface area contributed by atoms with Crippen LogP contribution in [-0.4, -0.2) is 5.91 Å². The molecule has 5 heteroatoms. The van der Waals surface area contributed by atoms with Crippen LogP contribution in [0.3, 0.4) is 0 Å². The smallest absolute Gasteiger partial charge is 0.321 e. The Labute approximate surface area is 126 Å². The number of alkyl halides is 3. The molecule has 0 aliphatic heterocycles. The molecule has 0 bridgehead atoms.